The van der Waals surface area contributed by atoms with Crippen LogP contribution in [0, 0.1) is 5.92 Å². The van der Waals surface area contributed by atoms with Gasteiger partial charge in [-0.25, -0.2) is 0 Å². The molecule has 0 aliphatic rings. The smallest absolute Gasteiger partial charge is 0.306 e. The third kappa shape index (κ3) is 51.3. The molecule has 63 heavy (non-hydrogen) atoms. The number of rotatable bonds is 52. The van der Waals surface area contributed by atoms with Gasteiger partial charge in [-0.2, -0.15) is 0 Å². The van der Waals surface area contributed by atoms with Gasteiger partial charge in [0.15, 0.2) is 6.10 Å². The highest BCUT2D eigenvalue weighted by Crippen LogP contribution is 2.18. The van der Waals surface area contributed by atoms with Crippen molar-refractivity contribution in [1.82, 2.24) is 0 Å². The number of carbonyl (C=O) groups excluding carboxylic acids is 3. The Kier molecular flexibility index (Phi) is 50.1. The van der Waals surface area contributed by atoms with Crippen molar-refractivity contribution in [2.75, 3.05) is 13.2 Å². The minimum Gasteiger partial charge on any atom is -0.462 e. The summed E-state index contributed by atoms with van der Waals surface area (Å²) in [6.07, 6.45) is 55.1. The van der Waals surface area contributed by atoms with Crippen LogP contribution in [0.25, 0.3) is 0 Å². The van der Waals surface area contributed by atoms with Gasteiger partial charge >= 0.3 is 17.9 Å². The summed E-state index contributed by atoms with van der Waals surface area (Å²) < 4.78 is 16.9. The summed E-state index contributed by atoms with van der Waals surface area (Å²) in [5, 5.41) is 0. The second-order valence-electron chi connectivity index (χ2n) is 20.1. The summed E-state index contributed by atoms with van der Waals surface area (Å²) in [5.41, 5.74) is 0. The lowest BCUT2D eigenvalue weighted by Crippen LogP contribution is -2.30. The molecule has 0 unspecified atom stereocenters. The molecule has 1 atom stereocenters. The number of unbranched alkanes of at least 4 members (excludes halogenated alkanes) is 39. The number of hydrogen-bond donors (Lipinski definition) is 0. The fraction of sp³-hybridized carbons (Fsp3) is 0.947. The lowest BCUT2D eigenvalue weighted by molar-refractivity contribution is -0.167. The maximum absolute atomic E-state index is 12.8. The molecule has 6 heteroatoms. The predicted molar refractivity (Wildman–Crippen MR) is 270 cm³/mol. The van der Waals surface area contributed by atoms with Gasteiger partial charge in [0.1, 0.15) is 13.2 Å². The van der Waals surface area contributed by atoms with E-state index < -0.39 is 6.10 Å². The van der Waals surface area contributed by atoms with E-state index in [1.54, 1.807) is 0 Å². The van der Waals surface area contributed by atoms with Crippen LogP contribution in [0.15, 0.2) is 0 Å². The standard InChI is InChI=1S/C57H110O6/c1-5-7-9-11-13-15-17-19-24-28-32-36-40-44-48-55(58)61-51-54(63-57(60)50-46-42-38-34-30-25-20-18-16-14-12-10-8-6-2)52-62-56(59)49-45-41-37-33-29-26-22-21-23-27-31-35-39-43-47-53(3)4/h53-54H,5-52H2,1-4H3/t54-/m0/s1. The highest BCUT2D eigenvalue weighted by Gasteiger charge is 2.19. The summed E-state index contributed by atoms with van der Waals surface area (Å²) in [6.45, 7) is 9.06. The van der Waals surface area contributed by atoms with Crippen molar-refractivity contribution in [2.45, 2.75) is 329 Å². The number of carbonyl (C=O) groups is 3. The SMILES string of the molecule is CCCCCCCCCCCCCCCCC(=O)OC[C@@H](COC(=O)CCCCCCCCCCCCCCCCC(C)C)OC(=O)CCCCCCCCCCCCCCCC. The van der Waals surface area contributed by atoms with Crippen LogP contribution in [0.1, 0.15) is 323 Å². The lowest BCUT2D eigenvalue weighted by Gasteiger charge is -2.18. The van der Waals surface area contributed by atoms with E-state index in [2.05, 4.69) is 27.7 Å². The number of esters is 3. The predicted octanol–water partition coefficient (Wildman–Crippen LogP) is 18.6. The third-order valence-electron chi connectivity index (χ3n) is 13.0. The fourth-order valence-corrected chi connectivity index (χ4v) is 8.75. The van der Waals surface area contributed by atoms with Gasteiger partial charge < -0.3 is 14.2 Å². The molecule has 0 aliphatic carbocycles. The van der Waals surface area contributed by atoms with E-state index in [0.717, 1.165) is 63.7 Å². The van der Waals surface area contributed by atoms with Crippen molar-refractivity contribution >= 4 is 17.9 Å². The molecule has 0 spiro atoms. The molecule has 6 nitrogen and oxygen atoms in total. The molecule has 0 amide bonds. The normalized spacial score (nSPS) is 12.0. The van der Waals surface area contributed by atoms with Crippen LogP contribution < -0.4 is 0 Å². The number of ether oxygens (including phenoxy) is 3. The molecule has 0 aliphatic heterocycles. The summed E-state index contributed by atoms with van der Waals surface area (Å²) in [6, 6.07) is 0. The first-order chi connectivity index (χ1) is 30.9. The minimum absolute atomic E-state index is 0.0619. The van der Waals surface area contributed by atoms with Crippen molar-refractivity contribution in [2.24, 2.45) is 5.92 Å². The van der Waals surface area contributed by atoms with Crippen LogP contribution in [0.3, 0.4) is 0 Å². The van der Waals surface area contributed by atoms with Crippen molar-refractivity contribution in [1.29, 1.82) is 0 Å². The molecule has 0 fully saturated rings. The maximum atomic E-state index is 12.8. The summed E-state index contributed by atoms with van der Waals surface area (Å²) in [5.74, 6) is 0.00884. The molecule has 0 bridgehead atoms. The molecule has 0 saturated heterocycles. The van der Waals surface area contributed by atoms with E-state index >= 15 is 0 Å². The van der Waals surface area contributed by atoms with Gasteiger partial charge in [-0.15, -0.1) is 0 Å². The Labute approximate surface area is 393 Å². The summed E-state index contributed by atoms with van der Waals surface area (Å²) in [7, 11) is 0. The van der Waals surface area contributed by atoms with Gasteiger partial charge in [-0.1, -0.05) is 285 Å². The third-order valence-corrected chi connectivity index (χ3v) is 13.0. The van der Waals surface area contributed by atoms with Crippen LogP contribution in [0.5, 0.6) is 0 Å². The zero-order chi connectivity index (χ0) is 45.9. The van der Waals surface area contributed by atoms with E-state index in [-0.39, 0.29) is 31.1 Å². The average Bonchev–Trinajstić information content (AvgIpc) is 3.27. The van der Waals surface area contributed by atoms with Gasteiger partial charge in [-0.3, -0.25) is 14.4 Å². The molecule has 0 saturated carbocycles. The topological polar surface area (TPSA) is 78.9 Å². The monoisotopic (exact) mass is 891 g/mol. The Bertz CT molecular complexity index is 949. The molecular weight excluding hydrogens is 781 g/mol. The molecule has 0 aromatic rings. The molecule has 0 aromatic heterocycles. The van der Waals surface area contributed by atoms with Crippen LogP contribution in [0.2, 0.25) is 0 Å². The average molecular weight is 892 g/mol. The van der Waals surface area contributed by atoms with Gasteiger partial charge in [0.2, 0.25) is 0 Å². The first-order valence-corrected chi connectivity index (χ1v) is 28.4. The molecular formula is C57H110O6. The van der Waals surface area contributed by atoms with Crippen LogP contribution in [0.4, 0.5) is 0 Å². The van der Waals surface area contributed by atoms with E-state index in [4.69, 9.17) is 14.2 Å². The van der Waals surface area contributed by atoms with E-state index in [0.29, 0.717) is 19.3 Å². The first-order valence-electron chi connectivity index (χ1n) is 28.4. The second kappa shape index (κ2) is 51.4. The van der Waals surface area contributed by atoms with Gasteiger partial charge in [0, 0.05) is 19.3 Å². The van der Waals surface area contributed by atoms with Gasteiger partial charge in [0.05, 0.1) is 0 Å². The summed E-state index contributed by atoms with van der Waals surface area (Å²) in [4.78, 5) is 38.1. The first kappa shape index (κ1) is 61.4. The highest BCUT2D eigenvalue weighted by atomic mass is 16.6. The quantitative estimate of drug-likeness (QED) is 0.0344. The highest BCUT2D eigenvalue weighted by molar-refractivity contribution is 5.71. The lowest BCUT2D eigenvalue weighted by atomic mass is 10.0. The van der Waals surface area contributed by atoms with Gasteiger partial charge in [-0.05, 0) is 25.2 Å². The van der Waals surface area contributed by atoms with Crippen LogP contribution in [-0.2, 0) is 28.6 Å². The number of hydrogen-bond acceptors (Lipinski definition) is 6. The van der Waals surface area contributed by atoms with E-state index in [1.165, 1.54) is 218 Å². The largest absolute Gasteiger partial charge is 0.462 e. The van der Waals surface area contributed by atoms with Crippen molar-refractivity contribution < 1.29 is 28.6 Å². The maximum Gasteiger partial charge on any atom is 0.306 e. The summed E-state index contributed by atoms with van der Waals surface area (Å²) >= 11 is 0. The Morgan fingerprint density at radius 1 is 0.302 bits per heavy atom. The van der Waals surface area contributed by atoms with Gasteiger partial charge in [0.25, 0.3) is 0 Å². The minimum atomic E-state index is -0.761. The Morgan fingerprint density at radius 2 is 0.524 bits per heavy atom. The van der Waals surface area contributed by atoms with E-state index in [9.17, 15) is 14.4 Å². The Balaban J connectivity index is 4.29. The molecule has 0 radical (unpaired) electrons. The molecule has 0 aromatic carbocycles. The van der Waals surface area contributed by atoms with Crippen molar-refractivity contribution in [3.05, 3.63) is 0 Å². The Morgan fingerprint density at radius 3 is 0.778 bits per heavy atom. The van der Waals surface area contributed by atoms with Crippen molar-refractivity contribution in [3.63, 3.8) is 0 Å². The van der Waals surface area contributed by atoms with E-state index in [1.807, 2.05) is 0 Å². The second-order valence-corrected chi connectivity index (χ2v) is 20.1. The zero-order valence-corrected chi connectivity index (χ0v) is 43.0. The fourth-order valence-electron chi connectivity index (χ4n) is 8.75. The van der Waals surface area contributed by atoms with Crippen LogP contribution >= 0.6 is 0 Å². The van der Waals surface area contributed by atoms with Crippen molar-refractivity contribution in [3.8, 4) is 0 Å². The molecule has 0 heterocycles. The molecule has 374 valence electrons. The molecule has 0 rings (SSSR count). The Hall–Kier alpha value is -1.59. The zero-order valence-electron chi connectivity index (χ0n) is 43.0. The van der Waals surface area contributed by atoms with Crippen LogP contribution in [-0.4, -0.2) is 37.2 Å². The molecule has 0 N–H and O–H groups in total.